The van der Waals surface area contributed by atoms with Crippen LogP contribution in [0.25, 0.3) is 0 Å². The highest BCUT2D eigenvalue weighted by molar-refractivity contribution is 5.66. The highest BCUT2D eigenvalue weighted by Gasteiger charge is 2.09. The van der Waals surface area contributed by atoms with Crippen LogP contribution in [-0.4, -0.2) is 9.97 Å². The van der Waals surface area contributed by atoms with Gasteiger partial charge in [-0.25, -0.2) is 9.37 Å². The van der Waals surface area contributed by atoms with Gasteiger partial charge in [-0.15, -0.1) is 0 Å². The van der Waals surface area contributed by atoms with Crippen LogP contribution in [0.5, 0.6) is 0 Å². The molecule has 1 aromatic heterocycles. The minimum Gasteiger partial charge on any atom is -0.398 e. The van der Waals surface area contributed by atoms with Gasteiger partial charge in [0.15, 0.2) is 11.6 Å². The molecule has 6 nitrogen and oxygen atoms in total. The molecule has 7 heteroatoms. The Balaban J connectivity index is 1.84. The summed E-state index contributed by atoms with van der Waals surface area (Å²) in [5, 5.41) is 5.93. The van der Waals surface area contributed by atoms with Gasteiger partial charge in [0.25, 0.3) is 0 Å². The van der Waals surface area contributed by atoms with Crippen LogP contribution < -0.4 is 22.1 Å². The lowest BCUT2D eigenvalue weighted by atomic mass is 10.2. The van der Waals surface area contributed by atoms with E-state index in [-0.39, 0.29) is 11.8 Å². The lowest BCUT2D eigenvalue weighted by Gasteiger charge is -2.11. The molecule has 25 heavy (non-hydrogen) atoms. The molecule has 0 aliphatic heterocycles. The summed E-state index contributed by atoms with van der Waals surface area (Å²) in [4.78, 5) is 8.13. The summed E-state index contributed by atoms with van der Waals surface area (Å²) >= 11 is 0. The van der Waals surface area contributed by atoms with Crippen molar-refractivity contribution in [1.29, 1.82) is 0 Å². The predicted molar refractivity (Wildman–Crippen MR) is 99.7 cm³/mol. The number of aromatic nitrogens is 2. The van der Waals surface area contributed by atoms with Crippen LogP contribution in [0.3, 0.4) is 0 Å². The summed E-state index contributed by atoms with van der Waals surface area (Å²) in [6, 6.07) is 10.9. The second kappa shape index (κ2) is 6.64. The van der Waals surface area contributed by atoms with E-state index in [1.165, 1.54) is 0 Å². The number of nitrogens with zero attached hydrogens (tertiary/aromatic N) is 2. The Morgan fingerprint density at radius 1 is 0.880 bits per heavy atom. The minimum atomic E-state index is -0.562. The second-order valence-corrected chi connectivity index (χ2v) is 5.78. The first-order valence-electron chi connectivity index (χ1n) is 7.71. The van der Waals surface area contributed by atoms with Crippen LogP contribution in [0.1, 0.15) is 11.1 Å². The molecule has 0 saturated carbocycles. The molecule has 0 unspecified atom stereocenters. The molecule has 2 aromatic carbocycles. The first-order valence-corrected chi connectivity index (χ1v) is 7.71. The number of aryl methyl sites for hydroxylation is 2. The van der Waals surface area contributed by atoms with Crippen molar-refractivity contribution in [1.82, 2.24) is 9.97 Å². The fourth-order valence-electron chi connectivity index (χ4n) is 2.22. The topological polar surface area (TPSA) is 102 Å². The number of nitrogens with two attached hydrogens (primary N) is 2. The molecule has 0 aliphatic carbocycles. The third-order valence-electron chi connectivity index (χ3n) is 3.82. The van der Waals surface area contributed by atoms with E-state index in [9.17, 15) is 4.39 Å². The van der Waals surface area contributed by atoms with Crippen molar-refractivity contribution in [3.63, 3.8) is 0 Å². The normalized spacial score (nSPS) is 10.5. The monoisotopic (exact) mass is 338 g/mol. The zero-order valence-electron chi connectivity index (χ0n) is 14.0. The largest absolute Gasteiger partial charge is 0.398 e. The number of hydrogen-bond donors (Lipinski definition) is 4. The highest BCUT2D eigenvalue weighted by atomic mass is 19.1. The maximum atomic E-state index is 14.0. The predicted octanol–water partition coefficient (Wildman–Crippen LogP) is 3.88. The van der Waals surface area contributed by atoms with Gasteiger partial charge in [0.1, 0.15) is 0 Å². The zero-order valence-corrected chi connectivity index (χ0v) is 14.0. The van der Waals surface area contributed by atoms with E-state index in [4.69, 9.17) is 11.5 Å². The maximum Gasteiger partial charge on any atom is 0.229 e. The number of anilines is 6. The second-order valence-electron chi connectivity index (χ2n) is 5.78. The number of nitrogen functional groups attached to an aromatic ring is 2. The smallest absolute Gasteiger partial charge is 0.229 e. The van der Waals surface area contributed by atoms with Gasteiger partial charge < -0.3 is 22.1 Å². The van der Waals surface area contributed by atoms with Crippen LogP contribution in [0.15, 0.2) is 42.6 Å². The summed E-state index contributed by atoms with van der Waals surface area (Å²) in [7, 11) is 0. The van der Waals surface area contributed by atoms with Crippen LogP contribution in [-0.2, 0) is 0 Å². The fourth-order valence-corrected chi connectivity index (χ4v) is 2.22. The van der Waals surface area contributed by atoms with Crippen molar-refractivity contribution in [2.45, 2.75) is 13.8 Å². The average molecular weight is 338 g/mol. The average Bonchev–Trinajstić information content (AvgIpc) is 2.57. The molecule has 0 saturated heterocycles. The Hall–Kier alpha value is -3.35. The zero-order chi connectivity index (χ0) is 18.0. The Labute approximate surface area is 145 Å². The van der Waals surface area contributed by atoms with Gasteiger partial charge >= 0.3 is 0 Å². The number of rotatable bonds is 4. The molecule has 3 rings (SSSR count). The van der Waals surface area contributed by atoms with Crippen LogP contribution in [0.2, 0.25) is 0 Å². The van der Waals surface area contributed by atoms with Crippen molar-refractivity contribution < 1.29 is 4.39 Å². The molecular weight excluding hydrogens is 319 g/mol. The van der Waals surface area contributed by atoms with Crippen LogP contribution in [0.4, 0.5) is 38.9 Å². The van der Waals surface area contributed by atoms with Crippen molar-refractivity contribution in [3.8, 4) is 0 Å². The molecule has 3 aromatic rings. The molecule has 0 amide bonds. The lowest BCUT2D eigenvalue weighted by molar-refractivity contribution is 0.619. The molecule has 0 fully saturated rings. The quantitative estimate of drug-likeness (QED) is 0.538. The molecule has 0 aliphatic rings. The molecule has 1 heterocycles. The molecule has 0 radical (unpaired) electrons. The van der Waals surface area contributed by atoms with Gasteiger partial charge in [-0.05, 0) is 49.2 Å². The van der Waals surface area contributed by atoms with Gasteiger partial charge in [-0.3, -0.25) is 0 Å². The molecule has 0 spiro atoms. The lowest BCUT2D eigenvalue weighted by Crippen LogP contribution is -2.04. The van der Waals surface area contributed by atoms with Crippen LogP contribution in [0, 0.1) is 19.7 Å². The molecule has 0 atom stereocenters. The molecule has 0 bridgehead atoms. The third kappa shape index (κ3) is 3.77. The van der Waals surface area contributed by atoms with Gasteiger partial charge in [-0.2, -0.15) is 4.98 Å². The first-order chi connectivity index (χ1) is 11.9. The molecule has 6 N–H and O–H groups in total. The van der Waals surface area contributed by atoms with Gasteiger partial charge in [0.2, 0.25) is 5.95 Å². The number of halogens is 1. The Kier molecular flexibility index (Phi) is 4.38. The Morgan fingerprint density at radius 3 is 2.00 bits per heavy atom. The first kappa shape index (κ1) is 16.5. The van der Waals surface area contributed by atoms with E-state index < -0.39 is 5.82 Å². The molecule has 128 valence electrons. The third-order valence-corrected chi connectivity index (χ3v) is 3.82. The van der Waals surface area contributed by atoms with Gasteiger partial charge in [0.05, 0.1) is 6.20 Å². The number of hydrogen-bond acceptors (Lipinski definition) is 6. The Bertz CT molecular complexity index is 925. The van der Waals surface area contributed by atoms with Crippen molar-refractivity contribution in [3.05, 3.63) is 59.5 Å². The van der Waals surface area contributed by atoms with E-state index in [0.29, 0.717) is 17.1 Å². The highest BCUT2D eigenvalue weighted by Crippen LogP contribution is 2.24. The maximum absolute atomic E-state index is 14.0. The van der Waals surface area contributed by atoms with Gasteiger partial charge in [0, 0.05) is 22.7 Å². The summed E-state index contributed by atoms with van der Waals surface area (Å²) in [6.45, 7) is 3.82. The van der Waals surface area contributed by atoms with Crippen molar-refractivity contribution >= 4 is 34.5 Å². The van der Waals surface area contributed by atoms with E-state index in [1.54, 1.807) is 18.2 Å². The van der Waals surface area contributed by atoms with Crippen molar-refractivity contribution in [2.24, 2.45) is 0 Å². The minimum absolute atomic E-state index is 0.0563. The van der Waals surface area contributed by atoms with Gasteiger partial charge in [-0.1, -0.05) is 12.1 Å². The summed E-state index contributed by atoms with van der Waals surface area (Å²) in [5.41, 5.74) is 16.3. The molecular formula is C18H19FN6. The Morgan fingerprint density at radius 2 is 1.44 bits per heavy atom. The summed E-state index contributed by atoms with van der Waals surface area (Å²) in [6.07, 6.45) is 1.10. The van der Waals surface area contributed by atoms with E-state index >= 15 is 0 Å². The van der Waals surface area contributed by atoms with E-state index in [1.807, 2.05) is 32.0 Å². The fraction of sp³-hybridized carbons (Fsp3) is 0.111. The van der Waals surface area contributed by atoms with Crippen LogP contribution >= 0.6 is 0 Å². The number of nitrogens with one attached hydrogen (secondary N) is 2. The summed E-state index contributed by atoms with van der Waals surface area (Å²) < 4.78 is 14.0. The number of benzene rings is 2. The van der Waals surface area contributed by atoms with Crippen molar-refractivity contribution in [2.75, 3.05) is 22.1 Å². The van der Waals surface area contributed by atoms with E-state index in [2.05, 4.69) is 20.6 Å². The van der Waals surface area contributed by atoms with E-state index in [0.717, 1.165) is 23.0 Å². The SMILES string of the molecule is Cc1ccc(Nc2ncc(F)c(Nc3ccc(C)c(N)c3)n2)cc1N. The summed E-state index contributed by atoms with van der Waals surface area (Å²) in [5.74, 6) is -0.249. The standard InChI is InChI=1S/C18H19FN6/c1-10-3-5-12(7-15(10)20)23-17-14(19)9-22-18(25-17)24-13-6-4-11(2)16(21)8-13/h3-9H,20-21H2,1-2H3,(H2,22,23,24,25).